The Morgan fingerprint density at radius 1 is 0.413 bits per heavy atom. The molecule has 0 bridgehead atoms. The van der Waals surface area contributed by atoms with Gasteiger partial charge >= 0.3 is 0 Å². The summed E-state index contributed by atoms with van der Waals surface area (Å²) in [5.41, 5.74) is 9.84. The molecule has 0 saturated carbocycles. The lowest BCUT2D eigenvalue weighted by Gasteiger charge is -2.15. The smallest absolute Gasteiger partial charge is 0.239 e. The molecule has 2 heterocycles. The van der Waals surface area contributed by atoms with Crippen LogP contribution in [0.2, 0.25) is 0 Å². The Morgan fingerprint density at radius 2 is 0.667 bits per heavy atom. The van der Waals surface area contributed by atoms with Gasteiger partial charge in [0.05, 0.1) is 13.2 Å². The molecule has 0 spiro atoms. The number of halogens is 1. The summed E-state index contributed by atoms with van der Waals surface area (Å²) in [6.07, 6.45) is 4.47. The summed E-state index contributed by atoms with van der Waals surface area (Å²) in [7, 11) is -5.64. The Labute approximate surface area is 379 Å². The second kappa shape index (κ2) is 24.1. The molecule has 0 radical (unpaired) electrons. The highest BCUT2D eigenvalue weighted by molar-refractivity contribution is 7.42. The van der Waals surface area contributed by atoms with Gasteiger partial charge in [-0.1, -0.05) is 124 Å². The van der Waals surface area contributed by atoms with Gasteiger partial charge in [-0.3, -0.25) is 0 Å². The van der Waals surface area contributed by atoms with Crippen LogP contribution in [-0.2, 0) is 4.57 Å². The second-order valence-corrected chi connectivity index (χ2v) is 17.5. The Morgan fingerprint density at radius 3 is 0.905 bits per heavy atom. The standard InChI is InChI=1S/2C27H25OS.FH2O3P/c2*1-2-3-18-28-25-16-14-21(15-17-25)24-19-26(22-10-6-4-7-11-22)29-27(20-24)23-12-8-5-9-13-23;1-5(2,3)4/h2*4-17,19-20H,2-3,18H2,1H3;(H2,2,3,4)/q2*+1;/p-2. The molecule has 0 amide bonds. The molecular formula is C54H50FO5PS2. The van der Waals surface area contributed by atoms with Crippen LogP contribution in [-0.4, -0.2) is 13.2 Å². The van der Waals surface area contributed by atoms with Gasteiger partial charge in [-0.2, -0.15) is 0 Å². The number of unbranched alkanes of at least 4 members (excludes halogenated alkanes) is 2. The molecule has 63 heavy (non-hydrogen) atoms. The van der Waals surface area contributed by atoms with Crippen LogP contribution in [0.15, 0.2) is 194 Å². The molecule has 0 fully saturated rings. The lowest BCUT2D eigenvalue weighted by molar-refractivity contribution is -0.328. The highest BCUT2D eigenvalue weighted by Gasteiger charge is 2.20. The molecule has 0 aliphatic rings. The van der Waals surface area contributed by atoms with E-state index < -0.39 is 7.91 Å². The van der Waals surface area contributed by atoms with Gasteiger partial charge < -0.3 is 23.8 Å². The van der Waals surface area contributed by atoms with Crippen molar-refractivity contribution in [1.82, 2.24) is 0 Å². The molecule has 0 aliphatic carbocycles. The number of benzene rings is 6. The molecule has 9 heteroatoms. The minimum absolute atomic E-state index is 0.777. The fraction of sp³-hybridized carbons (Fsp3) is 0.148. The van der Waals surface area contributed by atoms with E-state index in [1.807, 2.05) is 22.7 Å². The molecule has 320 valence electrons. The third-order valence-electron chi connectivity index (χ3n) is 9.73. The Kier molecular flexibility index (Phi) is 17.8. The second-order valence-electron chi connectivity index (χ2n) is 14.5. The van der Waals surface area contributed by atoms with Gasteiger partial charge in [0, 0.05) is 46.5 Å². The van der Waals surface area contributed by atoms with Crippen LogP contribution in [0.25, 0.3) is 64.0 Å². The molecule has 8 rings (SSSR count). The topological polar surface area (TPSA) is 81.7 Å². The first-order valence-corrected chi connectivity index (χ1v) is 24.1. The Balaban J connectivity index is 0.000000190. The van der Waals surface area contributed by atoms with Crippen LogP contribution in [0.4, 0.5) is 4.20 Å². The van der Waals surface area contributed by atoms with Crippen molar-refractivity contribution in [3.63, 3.8) is 0 Å². The first-order chi connectivity index (χ1) is 30.7. The van der Waals surface area contributed by atoms with Crippen LogP contribution >= 0.6 is 30.6 Å². The normalized spacial score (nSPS) is 10.7. The third kappa shape index (κ3) is 15.2. The molecule has 0 atom stereocenters. The van der Waals surface area contributed by atoms with Gasteiger partial charge in [0.1, 0.15) is 19.4 Å². The minimum Gasteiger partial charge on any atom is -0.786 e. The quantitative estimate of drug-likeness (QED) is 0.0617. The van der Waals surface area contributed by atoms with Crippen LogP contribution in [0, 0.1) is 0 Å². The molecular weight excluding hydrogens is 843 g/mol. The summed E-state index contributed by atoms with van der Waals surface area (Å²) in [6.45, 7) is 5.91. The van der Waals surface area contributed by atoms with Crippen LogP contribution in [0.5, 0.6) is 11.5 Å². The van der Waals surface area contributed by atoms with E-state index in [1.54, 1.807) is 0 Å². The Hall–Kier alpha value is -5.86. The molecule has 6 aromatic carbocycles. The van der Waals surface area contributed by atoms with E-state index >= 15 is 0 Å². The minimum atomic E-state index is -5.64. The molecule has 0 N–H and O–H groups in total. The van der Waals surface area contributed by atoms with E-state index in [4.69, 9.17) is 23.8 Å². The number of hydrogen-bond acceptors (Lipinski definition) is 5. The molecule has 8 aromatic rings. The third-order valence-corrected chi connectivity index (χ3v) is 12.0. The molecule has 0 unspecified atom stereocenters. The van der Waals surface area contributed by atoms with Crippen LogP contribution in [0.3, 0.4) is 0 Å². The van der Waals surface area contributed by atoms with E-state index in [0.29, 0.717) is 0 Å². The maximum absolute atomic E-state index is 10.1. The van der Waals surface area contributed by atoms with E-state index in [2.05, 4.69) is 208 Å². The molecule has 0 aliphatic heterocycles. The fourth-order valence-electron chi connectivity index (χ4n) is 6.47. The van der Waals surface area contributed by atoms with E-state index in [9.17, 15) is 4.20 Å². The van der Waals surface area contributed by atoms with Gasteiger partial charge in [0.2, 0.25) is 42.2 Å². The summed E-state index contributed by atoms with van der Waals surface area (Å²) in [4.78, 5) is 21.9. The summed E-state index contributed by atoms with van der Waals surface area (Å²) in [5, 5.41) is 0. The van der Waals surface area contributed by atoms with Crippen molar-refractivity contribution in [2.24, 2.45) is 0 Å². The summed E-state index contributed by atoms with van der Waals surface area (Å²) < 4.78 is 30.2. The maximum Gasteiger partial charge on any atom is 0.239 e. The van der Waals surface area contributed by atoms with E-state index in [0.717, 1.165) is 50.4 Å². The SMILES string of the molecule is CCCCOc1ccc(-c2cc(-c3ccccc3)[s+]c(-c3ccccc3)c2)cc1.CCCCOc1ccc(-c2cc(-c3ccccc3)[s+]c(-c3ccccc3)c2)cc1.O=P([O-])([O-])F. The zero-order chi connectivity index (χ0) is 44.3. The monoisotopic (exact) mass is 892 g/mol. The lowest BCUT2D eigenvalue weighted by Crippen LogP contribution is -2.07. The number of ether oxygens (including phenoxy) is 2. The van der Waals surface area contributed by atoms with Gasteiger partial charge in [-0.25, -0.2) is 4.20 Å². The number of rotatable bonds is 14. The average molecular weight is 893 g/mol. The van der Waals surface area contributed by atoms with Crippen LogP contribution in [0.1, 0.15) is 39.5 Å². The fourth-order valence-corrected chi connectivity index (χ4v) is 8.70. The highest BCUT2D eigenvalue weighted by atomic mass is 32.1. The Bertz CT molecular complexity index is 2330. The van der Waals surface area contributed by atoms with E-state index in [-0.39, 0.29) is 0 Å². The molecule has 5 nitrogen and oxygen atoms in total. The van der Waals surface area contributed by atoms with Crippen molar-refractivity contribution in [2.75, 3.05) is 13.2 Å². The van der Waals surface area contributed by atoms with Crippen molar-refractivity contribution < 1.29 is 28.0 Å². The van der Waals surface area contributed by atoms with Gasteiger partial charge in [-0.15, -0.1) is 0 Å². The van der Waals surface area contributed by atoms with E-state index in [1.165, 1.54) is 64.0 Å². The zero-order valence-electron chi connectivity index (χ0n) is 35.4. The van der Waals surface area contributed by atoms with Gasteiger partial charge in [-0.05, 0) is 108 Å². The highest BCUT2D eigenvalue weighted by Crippen LogP contribution is 2.39. The van der Waals surface area contributed by atoms with Gasteiger partial charge in [0.15, 0.2) is 0 Å². The number of hydrogen-bond donors (Lipinski definition) is 0. The maximum atomic E-state index is 10.1. The van der Waals surface area contributed by atoms with Crippen molar-refractivity contribution >= 4 is 30.6 Å². The summed E-state index contributed by atoms with van der Waals surface area (Å²) >= 11 is 3.66. The van der Waals surface area contributed by atoms with Crippen molar-refractivity contribution in [1.29, 1.82) is 0 Å². The predicted octanol–water partition coefficient (Wildman–Crippen LogP) is 15.2. The average Bonchev–Trinajstić information content (AvgIpc) is 3.33. The summed E-state index contributed by atoms with van der Waals surface area (Å²) in [6, 6.07) is 68.5. The first-order valence-electron chi connectivity index (χ1n) is 21.0. The summed E-state index contributed by atoms with van der Waals surface area (Å²) in [5.74, 6) is 1.88. The van der Waals surface area contributed by atoms with Gasteiger partial charge in [0.25, 0.3) is 0 Å². The van der Waals surface area contributed by atoms with Crippen molar-refractivity contribution in [3.8, 4) is 75.5 Å². The largest absolute Gasteiger partial charge is 0.786 e. The van der Waals surface area contributed by atoms with Crippen LogP contribution < -0.4 is 19.3 Å². The predicted molar refractivity (Wildman–Crippen MR) is 260 cm³/mol. The zero-order valence-corrected chi connectivity index (χ0v) is 37.9. The first kappa shape index (κ1) is 46.6. The lowest BCUT2D eigenvalue weighted by atomic mass is 10.0. The molecule has 0 saturated heterocycles. The van der Waals surface area contributed by atoms with Crippen molar-refractivity contribution in [2.45, 2.75) is 39.5 Å². The van der Waals surface area contributed by atoms with Crippen molar-refractivity contribution in [3.05, 3.63) is 194 Å². The molecule has 2 aromatic heterocycles.